The van der Waals surface area contributed by atoms with Gasteiger partial charge in [0.2, 0.25) is 0 Å². The zero-order valence-corrected chi connectivity index (χ0v) is 19.6. The van der Waals surface area contributed by atoms with E-state index >= 15 is 0 Å². The molecule has 1 atom stereocenters. The van der Waals surface area contributed by atoms with Crippen molar-refractivity contribution in [1.82, 2.24) is 15.4 Å². The van der Waals surface area contributed by atoms with Crippen LogP contribution in [0.25, 0.3) is 11.1 Å². The predicted octanol–water partition coefficient (Wildman–Crippen LogP) is 4.04. The Hall–Kier alpha value is -4.14. The highest BCUT2D eigenvalue weighted by atomic mass is 16.5. The Morgan fingerprint density at radius 2 is 1.74 bits per heavy atom. The van der Waals surface area contributed by atoms with Gasteiger partial charge in [-0.15, -0.1) is 0 Å². The number of fused-ring (bicyclic) bond motifs is 3. The third-order valence-corrected chi connectivity index (χ3v) is 6.22. The first kappa shape index (κ1) is 24.0. The minimum absolute atomic E-state index is 0.0637. The molecule has 0 radical (unpaired) electrons. The zero-order chi connectivity index (χ0) is 24.9. The van der Waals surface area contributed by atoms with Gasteiger partial charge in [-0.05, 0) is 36.1 Å². The number of carboxylic acid groups (broad SMARTS) is 1. The molecule has 182 valence electrons. The molecule has 2 N–H and O–H groups in total. The maximum absolute atomic E-state index is 12.9. The molecule has 3 aromatic rings. The number of benzene rings is 2. The van der Waals surface area contributed by atoms with Gasteiger partial charge in [0.1, 0.15) is 24.1 Å². The van der Waals surface area contributed by atoms with E-state index in [0.29, 0.717) is 6.54 Å². The number of nitrogens with zero attached hydrogens (tertiary/aromatic N) is 2. The first-order valence-corrected chi connectivity index (χ1v) is 11.5. The molecule has 0 aliphatic heterocycles. The van der Waals surface area contributed by atoms with Crippen LogP contribution in [-0.4, -0.2) is 52.3 Å². The molecule has 1 aliphatic rings. The van der Waals surface area contributed by atoms with E-state index in [1.165, 1.54) is 11.2 Å². The fourth-order valence-electron chi connectivity index (χ4n) is 4.54. The van der Waals surface area contributed by atoms with E-state index in [1.807, 2.05) is 36.4 Å². The number of carbonyl (C=O) groups excluding carboxylic acids is 2. The molecule has 4 rings (SSSR count). The smallest absolute Gasteiger partial charge is 0.407 e. The molecule has 0 spiro atoms. The van der Waals surface area contributed by atoms with Crippen LogP contribution < -0.4 is 5.32 Å². The molecule has 0 bridgehead atoms. The van der Waals surface area contributed by atoms with Gasteiger partial charge in [0.15, 0.2) is 0 Å². The Morgan fingerprint density at radius 1 is 1.11 bits per heavy atom. The summed E-state index contributed by atoms with van der Waals surface area (Å²) < 4.78 is 10.5. The van der Waals surface area contributed by atoms with Crippen LogP contribution in [0, 0.1) is 0 Å². The molecule has 0 saturated carbocycles. The molecule has 2 amide bonds. The highest BCUT2D eigenvalue weighted by Crippen LogP contribution is 2.44. The number of hydrogen-bond acceptors (Lipinski definition) is 6. The Morgan fingerprint density at radius 3 is 2.34 bits per heavy atom. The van der Waals surface area contributed by atoms with Gasteiger partial charge in [-0.2, -0.15) is 0 Å². The summed E-state index contributed by atoms with van der Waals surface area (Å²) in [6.07, 6.45) is 0.380. The Labute approximate surface area is 202 Å². The number of amides is 2. The third kappa shape index (κ3) is 5.03. The molecule has 0 fully saturated rings. The number of nitrogens with one attached hydrogen (secondary N) is 1. The van der Waals surface area contributed by atoms with Gasteiger partial charge in [0.05, 0.1) is 13.0 Å². The summed E-state index contributed by atoms with van der Waals surface area (Å²) >= 11 is 0. The van der Waals surface area contributed by atoms with Crippen LogP contribution >= 0.6 is 0 Å². The quantitative estimate of drug-likeness (QED) is 0.477. The van der Waals surface area contributed by atoms with Crippen molar-refractivity contribution in [2.24, 2.45) is 0 Å². The molecule has 35 heavy (non-hydrogen) atoms. The van der Waals surface area contributed by atoms with Crippen molar-refractivity contribution < 1.29 is 28.8 Å². The van der Waals surface area contributed by atoms with Crippen LogP contribution in [0.4, 0.5) is 4.79 Å². The fraction of sp³-hybridized carbons (Fsp3) is 0.308. The summed E-state index contributed by atoms with van der Waals surface area (Å²) in [5.74, 6) is -1.47. The summed E-state index contributed by atoms with van der Waals surface area (Å²) in [6.45, 7) is 3.84. The summed E-state index contributed by atoms with van der Waals surface area (Å²) in [5, 5.41) is 15.5. The number of ether oxygens (including phenoxy) is 1. The van der Waals surface area contributed by atoms with Gasteiger partial charge in [-0.1, -0.05) is 53.7 Å². The van der Waals surface area contributed by atoms with Crippen LogP contribution in [0.5, 0.6) is 0 Å². The highest BCUT2D eigenvalue weighted by molar-refractivity contribution is 5.95. The molecule has 2 aromatic carbocycles. The van der Waals surface area contributed by atoms with E-state index in [-0.39, 0.29) is 36.7 Å². The SMILES string of the molecule is CCN(C(=O)c1conc1CNC(=O)OCC1c2ccccc2-c2ccccc21)C(C)CC(=O)O. The Balaban J connectivity index is 1.37. The minimum Gasteiger partial charge on any atom is -0.481 e. The van der Waals surface area contributed by atoms with Crippen molar-refractivity contribution in [3.05, 3.63) is 77.2 Å². The average Bonchev–Trinajstić information content (AvgIpc) is 3.44. The number of rotatable bonds is 9. The monoisotopic (exact) mass is 477 g/mol. The summed E-state index contributed by atoms with van der Waals surface area (Å²) in [6, 6.07) is 15.6. The third-order valence-electron chi connectivity index (χ3n) is 6.22. The van der Waals surface area contributed by atoms with Crippen molar-refractivity contribution in [2.75, 3.05) is 13.2 Å². The van der Waals surface area contributed by atoms with Crippen LogP contribution in [0.15, 0.2) is 59.3 Å². The lowest BCUT2D eigenvalue weighted by Gasteiger charge is -2.26. The van der Waals surface area contributed by atoms with Gasteiger partial charge >= 0.3 is 12.1 Å². The molecular weight excluding hydrogens is 450 g/mol. The van der Waals surface area contributed by atoms with E-state index in [4.69, 9.17) is 14.4 Å². The predicted molar refractivity (Wildman–Crippen MR) is 127 cm³/mol. The van der Waals surface area contributed by atoms with E-state index in [9.17, 15) is 14.4 Å². The van der Waals surface area contributed by atoms with Crippen molar-refractivity contribution in [1.29, 1.82) is 0 Å². The molecule has 1 unspecified atom stereocenters. The summed E-state index contributed by atoms with van der Waals surface area (Å²) in [4.78, 5) is 37.9. The Bertz CT molecular complexity index is 1190. The second kappa shape index (κ2) is 10.4. The van der Waals surface area contributed by atoms with Gasteiger partial charge in [0.25, 0.3) is 5.91 Å². The van der Waals surface area contributed by atoms with Gasteiger partial charge in [-0.3, -0.25) is 9.59 Å². The standard InChI is InChI=1S/C26H27N3O6/c1-3-29(16(2)12-24(30)31)25(32)22-15-35-28-23(22)13-27-26(33)34-14-21-19-10-6-4-8-17(19)18-9-5-7-11-20(18)21/h4-11,15-16,21H,3,12-14H2,1-2H3,(H,27,33)(H,30,31). The number of aromatic nitrogens is 1. The average molecular weight is 478 g/mol. The lowest BCUT2D eigenvalue weighted by molar-refractivity contribution is -0.138. The number of hydrogen-bond donors (Lipinski definition) is 2. The van der Waals surface area contributed by atoms with Crippen molar-refractivity contribution in [3.8, 4) is 11.1 Å². The number of aliphatic carboxylic acids is 1. The van der Waals surface area contributed by atoms with Crippen LogP contribution in [0.2, 0.25) is 0 Å². The topological polar surface area (TPSA) is 122 Å². The molecule has 9 heteroatoms. The second-order valence-electron chi connectivity index (χ2n) is 8.39. The fourth-order valence-corrected chi connectivity index (χ4v) is 4.54. The lowest BCUT2D eigenvalue weighted by Crippen LogP contribution is -2.40. The molecule has 1 aliphatic carbocycles. The summed E-state index contributed by atoms with van der Waals surface area (Å²) in [7, 11) is 0. The second-order valence-corrected chi connectivity index (χ2v) is 8.39. The van der Waals surface area contributed by atoms with Gasteiger partial charge in [0, 0.05) is 18.5 Å². The van der Waals surface area contributed by atoms with E-state index in [0.717, 1.165) is 22.3 Å². The van der Waals surface area contributed by atoms with Crippen LogP contribution in [0.1, 0.15) is 53.4 Å². The molecule has 0 saturated heterocycles. The largest absolute Gasteiger partial charge is 0.481 e. The molecule has 1 heterocycles. The molecule has 1 aromatic heterocycles. The van der Waals surface area contributed by atoms with E-state index in [2.05, 4.69) is 22.6 Å². The maximum Gasteiger partial charge on any atom is 0.407 e. The van der Waals surface area contributed by atoms with Gasteiger partial charge in [-0.25, -0.2) is 4.79 Å². The summed E-state index contributed by atoms with van der Waals surface area (Å²) in [5.41, 5.74) is 4.91. The number of carboxylic acids is 1. The first-order valence-electron chi connectivity index (χ1n) is 11.5. The van der Waals surface area contributed by atoms with Crippen molar-refractivity contribution in [3.63, 3.8) is 0 Å². The minimum atomic E-state index is -0.994. The van der Waals surface area contributed by atoms with Crippen LogP contribution in [-0.2, 0) is 16.1 Å². The number of alkyl carbamates (subject to hydrolysis) is 1. The van der Waals surface area contributed by atoms with Crippen LogP contribution in [0.3, 0.4) is 0 Å². The van der Waals surface area contributed by atoms with E-state index < -0.39 is 24.0 Å². The maximum atomic E-state index is 12.9. The zero-order valence-electron chi connectivity index (χ0n) is 19.6. The molecular formula is C26H27N3O6. The normalized spacial score (nSPS) is 13.0. The van der Waals surface area contributed by atoms with Crippen molar-refractivity contribution in [2.45, 2.75) is 38.8 Å². The lowest BCUT2D eigenvalue weighted by atomic mass is 9.98. The van der Waals surface area contributed by atoms with Crippen molar-refractivity contribution >= 4 is 18.0 Å². The number of carbonyl (C=O) groups is 3. The first-order chi connectivity index (χ1) is 16.9. The van der Waals surface area contributed by atoms with Gasteiger partial charge < -0.3 is 24.6 Å². The Kier molecular flexibility index (Phi) is 7.14. The molecule has 9 nitrogen and oxygen atoms in total. The van der Waals surface area contributed by atoms with E-state index in [1.54, 1.807) is 13.8 Å². The highest BCUT2D eigenvalue weighted by Gasteiger charge is 2.29.